The summed E-state index contributed by atoms with van der Waals surface area (Å²) < 4.78 is 11.3. The van der Waals surface area contributed by atoms with E-state index < -0.39 is 6.10 Å². The minimum Gasteiger partial charge on any atom is -0.496 e. The van der Waals surface area contributed by atoms with E-state index in [0.29, 0.717) is 12.2 Å². The van der Waals surface area contributed by atoms with Crippen molar-refractivity contribution in [2.45, 2.75) is 58.6 Å². The highest BCUT2D eigenvalue weighted by molar-refractivity contribution is 5.81. The van der Waals surface area contributed by atoms with Crippen LogP contribution in [-0.4, -0.2) is 19.1 Å². The molecule has 0 radical (unpaired) electrons. The molecule has 0 heterocycles. The van der Waals surface area contributed by atoms with E-state index in [2.05, 4.69) is 38.2 Å². The summed E-state index contributed by atoms with van der Waals surface area (Å²) in [7, 11) is 1.63. The summed E-state index contributed by atoms with van der Waals surface area (Å²) in [5, 5.41) is 3.03. The summed E-state index contributed by atoms with van der Waals surface area (Å²) >= 11 is 0. The first kappa shape index (κ1) is 20.8. The molecule has 2 aromatic carbocycles. The minimum absolute atomic E-state index is 0.0875. The molecule has 2 aromatic rings. The van der Waals surface area contributed by atoms with Gasteiger partial charge in [0.05, 0.1) is 13.2 Å². The van der Waals surface area contributed by atoms with Gasteiger partial charge < -0.3 is 14.8 Å². The Balaban J connectivity index is 2.05. The summed E-state index contributed by atoms with van der Waals surface area (Å²) in [4.78, 5) is 12.7. The number of amides is 1. The monoisotopic (exact) mass is 369 g/mol. The fourth-order valence-corrected chi connectivity index (χ4v) is 2.93. The molecule has 4 nitrogen and oxygen atoms in total. The van der Waals surface area contributed by atoms with Gasteiger partial charge in [0.25, 0.3) is 5.91 Å². The van der Waals surface area contributed by atoms with Gasteiger partial charge in [-0.25, -0.2) is 0 Å². The second-order valence-electron chi connectivity index (χ2n) is 7.76. The Morgan fingerprint density at radius 3 is 2.26 bits per heavy atom. The molecule has 0 saturated carbocycles. The summed E-state index contributed by atoms with van der Waals surface area (Å²) in [5.41, 5.74) is 2.26. The van der Waals surface area contributed by atoms with Crippen LogP contribution < -0.4 is 14.8 Å². The van der Waals surface area contributed by atoms with Crippen LogP contribution in [0.2, 0.25) is 0 Å². The van der Waals surface area contributed by atoms with E-state index in [1.807, 2.05) is 50.2 Å². The third-order valence-electron chi connectivity index (χ3n) is 4.63. The van der Waals surface area contributed by atoms with E-state index in [4.69, 9.17) is 9.47 Å². The van der Waals surface area contributed by atoms with Gasteiger partial charge in [-0.2, -0.15) is 0 Å². The maximum Gasteiger partial charge on any atom is 0.261 e. The molecular weight excluding hydrogens is 338 g/mol. The molecular formula is C23H31NO3. The fourth-order valence-electron chi connectivity index (χ4n) is 2.93. The Morgan fingerprint density at radius 2 is 1.70 bits per heavy atom. The molecule has 2 atom stereocenters. The van der Waals surface area contributed by atoms with Crippen LogP contribution in [0.1, 0.15) is 58.2 Å². The van der Waals surface area contributed by atoms with Crippen molar-refractivity contribution in [3.63, 3.8) is 0 Å². The lowest BCUT2D eigenvalue weighted by Gasteiger charge is -2.23. The van der Waals surface area contributed by atoms with Crippen molar-refractivity contribution >= 4 is 5.91 Å². The zero-order chi connectivity index (χ0) is 20.0. The standard InChI is InChI=1S/C23H31NO3/c1-7-20(27-18-14-12-17(13-15-18)23(3,4)5)22(25)24-16(2)19-10-8-9-11-21(19)26-6/h8-16,20H,7H2,1-6H3,(H,24,25)/t16-,20+/m0/s1. The largest absolute Gasteiger partial charge is 0.496 e. The average molecular weight is 370 g/mol. The van der Waals surface area contributed by atoms with E-state index >= 15 is 0 Å². The maximum absolute atomic E-state index is 12.7. The highest BCUT2D eigenvalue weighted by atomic mass is 16.5. The lowest BCUT2D eigenvalue weighted by molar-refractivity contribution is -0.128. The molecule has 1 amide bonds. The SMILES string of the molecule is CC[C@@H](Oc1ccc(C(C)(C)C)cc1)C(=O)N[C@@H](C)c1ccccc1OC. The second-order valence-corrected chi connectivity index (χ2v) is 7.76. The number of para-hydroxylation sites is 1. The predicted octanol–water partition coefficient (Wildman–Crippen LogP) is 5.03. The van der Waals surface area contributed by atoms with Crippen LogP contribution >= 0.6 is 0 Å². The van der Waals surface area contributed by atoms with Crippen LogP contribution in [0, 0.1) is 0 Å². The maximum atomic E-state index is 12.7. The number of methoxy groups -OCH3 is 1. The van der Waals surface area contributed by atoms with Crippen molar-refractivity contribution in [2.24, 2.45) is 0 Å². The number of nitrogens with one attached hydrogen (secondary N) is 1. The van der Waals surface area contributed by atoms with Gasteiger partial charge in [-0.3, -0.25) is 4.79 Å². The molecule has 0 spiro atoms. The molecule has 4 heteroatoms. The van der Waals surface area contributed by atoms with Gasteiger partial charge in [-0.1, -0.05) is 58.0 Å². The number of ether oxygens (including phenoxy) is 2. The number of carbonyl (C=O) groups is 1. The topological polar surface area (TPSA) is 47.6 Å². The molecule has 0 aliphatic carbocycles. The number of carbonyl (C=O) groups excluding carboxylic acids is 1. The van der Waals surface area contributed by atoms with Crippen molar-refractivity contribution in [1.82, 2.24) is 5.32 Å². The Hall–Kier alpha value is -2.49. The normalized spacial score (nSPS) is 13.6. The van der Waals surface area contributed by atoms with Crippen molar-refractivity contribution in [3.8, 4) is 11.5 Å². The van der Waals surface area contributed by atoms with Crippen LogP contribution in [0.3, 0.4) is 0 Å². The number of hydrogen-bond acceptors (Lipinski definition) is 3. The smallest absolute Gasteiger partial charge is 0.261 e. The molecule has 0 saturated heterocycles. The Morgan fingerprint density at radius 1 is 1.07 bits per heavy atom. The van der Waals surface area contributed by atoms with Crippen molar-refractivity contribution in [1.29, 1.82) is 0 Å². The summed E-state index contributed by atoms with van der Waals surface area (Å²) in [6, 6.07) is 15.5. The highest BCUT2D eigenvalue weighted by Gasteiger charge is 2.22. The average Bonchev–Trinajstić information content (AvgIpc) is 2.65. The van der Waals surface area contributed by atoms with E-state index in [0.717, 1.165) is 11.3 Å². The van der Waals surface area contributed by atoms with E-state index in [1.54, 1.807) is 7.11 Å². The molecule has 146 valence electrons. The van der Waals surface area contributed by atoms with Crippen LogP contribution in [0.4, 0.5) is 0 Å². The molecule has 1 N–H and O–H groups in total. The molecule has 0 aliphatic rings. The lowest BCUT2D eigenvalue weighted by atomic mass is 9.87. The van der Waals surface area contributed by atoms with Crippen LogP contribution in [0.5, 0.6) is 11.5 Å². The van der Waals surface area contributed by atoms with E-state index in [9.17, 15) is 4.79 Å². The third-order valence-corrected chi connectivity index (χ3v) is 4.63. The number of benzene rings is 2. The zero-order valence-electron chi connectivity index (χ0n) is 17.2. The van der Waals surface area contributed by atoms with E-state index in [-0.39, 0.29) is 17.4 Å². The van der Waals surface area contributed by atoms with Crippen molar-refractivity contribution in [3.05, 3.63) is 59.7 Å². The van der Waals surface area contributed by atoms with Crippen LogP contribution in [0.25, 0.3) is 0 Å². The molecule has 0 aliphatic heterocycles. The van der Waals surface area contributed by atoms with Crippen LogP contribution in [-0.2, 0) is 10.2 Å². The van der Waals surface area contributed by atoms with Gasteiger partial charge in [0, 0.05) is 5.56 Å². The quantitative estimate of drug-likeness (QED) is 0.745. The molecule has 27 heavy (non-hydrogen) atoms. The third kappa shape index (κ3) is 5.49. The van der Waals surface area contributed by atoms with Gasteiger partial charge in [0.2, 0.25) is 0 Å². The van der Waals surface area contributed by atoms with Gasteiger partial charge in [0.15, 0.2) is 6.10 Å². The Kier molecular flexibility index (Phi) is 6.89. The highest BCUT2D eigenvalue weighted by Crippen LogP contribution is 2.26. The summed E-state index contributed by atoms with van der Waals surface area (Å²) in [6.07, 6.45) is 0.0496. The van der Waals surface area contributed by atoms with E-state index in [1.165, 1.54) is 5.56 Å². The van der Waals surface area contributed by atoms with Gasteiger partial charge >= 0.3 is 0 Å². The zero-order valence-corrected chi connectivity index (χ0v) is 17.2. The first-order valence-electron chi connectivity index (χ1n) is 9.46. The molecule has 0 aromatic heterocycles. The van der Waals surface area contributed by atoms with Crippen LogP contribution in [0.15, 0.2) is 48.5 Å². The molecule has 0 bridgehead atoms. The molecule has 0 fully saturated rings. The Labute approximate surface area is 162 Å². The van der Waals surface area contributed by atoms with Gasteiger partial charge in [-0.05, 0) is 42.5 Å². The summed E-state index contributed by atoms with van der Waals surface area (Å²) in [5.74, 6) is 1.34. The number of rotatable bonds is 7. The number of hydrogen-bond donors (Lipinski definition) is 1. The molecule has 2 rings (SSSR count). The first-order chi connectivity index (χ1) is 12.8. The fraction of sp³-hybridized carbons (Fsp3) is 0.435. The second kappa shape index (κ2) is 8.94. The molecule has 0 unspecified atom stereocenters. The van der Waals surface area contributed by atoms with Gasteiger partial charge in [0.1, 0.15) is 11.5 Å². The Bertz CT molecular complexity index is 747. The first-order valence-corrected chi connectivity index (χ1v) is 9.46. The minimum atomic E-state index is -0.539. The van der Waals surface area contributed by atoms with Crippen molar-refractivity contribution in [2.75, 3.05) is 7.11 Å². The predicted molar refractivity (Wildman–Crippen MR) is 109 cm³/mol. The summed E-state index contributed by atoms with van der Waals surface area (Å²) in [6.45, 7) is 10.4. The lowest BCUT2D eigenvalue weighted by Crippen LogP contribution is -2.39. The van der Waals surface area contributed by atoms with Gasteiger partial charge in [-0.15, -0.1) is 0 Å². The van der Waals surface area contributed by atoms with Crippen molar-refractivity contribution < 1.29 is 14.3 Å².